The fourth-order valence-corrected chi connectivity index (χ4v) is 3.10. The lowest BCUT2D eigenvalue weighted by atomic mass is 10.1. The Balaban J connectivity index is 1.69. The molecular formula is C18H19F2N5O2. The predicted molar refractivity (Wildman–Crippen MR) is 95.0 cm³/mol. The molecule has 0 radical (unpaired) electrons. The number of nitriles is 1. The number of hydrogen-bond donors (Lipinski definition) is 4. The number of nitrogens with zero attached hydrogens (tertiary/aromatic N) is 1. The number of carbonyl (C=O) groups is 1. The summed E-state index contributed by atoms with van der Waals surface area (Å²) in [5.41, 5.74) is -0.303. The first-order valence-electron chi connectivity index (χ1n) is 8.54. The van der Waals surface area contributed by atoms with E-state index in [9.17, 15) is 18.4 Å². The van der Waals surface area contributed by atoms with Gasteiger partial charge in [-0.3, -0.25) is 14.9 Å². The highest BCUT2D eigenvalue weighted by molar-refractivity contribution is 5.83. The van der Waals surface area contributed by atoms with Gasteiger partial charge in [0.25, 0.3) is 5.56 Å². The molecule has 9 heteroatoms. The van der Waals surface area contributed by atoms with Crippen molar-refractivity contribution in [1.82, 2.24) is 20.9 Å². The second-order valence-electron chi connectivity index (χ2n) is 6.58. The van der Waals surface area contributed by atoms with Crippen molar-refractivity contribution >= 4 is 16.8 Å². The lowest BCUT2D eigenvalue weighted by Crippen LogP contribution is -2.61. The van der Waals surface area contributed by atoms with Crippen LogP contribution in [0.1, 0.15) is 12.5 Å². The number of pyridine rings is 1. The monoisotopic (exact) mass is 375 g/mol. The van der Waals surface area contributed by atoms with E-state index in [4.69, 9.17) is 5.26 Å². The molecule has 7 nitrogen and oxygen atoms in total. The average Bonchev–Trinajstić information content (AvgIpc) is 2.66. The fourth-order valence-electron chi connectivity index (χ4n) is 3.10. The molecule has 27 heavy (non-hydrogen) atoms. The zero-order chi connectivity index (χ0) is 19.6. The van der Waals surface area contributed by atoms with Gasteiger partial charge in [-0.1, -0.05) is 0 Å². The number of aromatic amines is 1. The first-order valence-corrected chi connectivity index (χ1v) is 8.54. The van der Waals surface area contributed by atoms with E-state index in [1.807, 2.05) is 6.92 Å². The number of halogens is 2. The number of rotatable bonds is 4. The number of hydrogen-bond acceptors (Lipinski definition) is 5. The summed E-state index contributed by atoms with van der Waals surface area (Å²) in [6.07, 6.45) is -0.257. The molecule has 0 saturated carbocycles. The minimum atomic E-state index is -1.07. The smallest absolute Gasteiger partial charge is 0.252 e. The van der Waals surface area contributed by atoms with Crippen molar-refractivity contribution < 1.29 is 13.6 Å². The van der Waals surface area contributed by atoms with Crippen molar-refractivity contribution in [2.24, 2.45) is 0 Å². The standard InChI is InChI=1S/C18H19F2N5O2/c1-9(15-8-22-11(6-21)7-23-15)24-16(26)5-10-4-12-14(25-18(10)27)3-2-13(19)17(12)20/h2-4,9,11,15,22-23H,5,7-8H2,1H3,(H,24,26)(H,25,27). The Hall–Kier alpha value is -2.83. The Morgan fingerprint density at radius 1 is 1.37 bits per heavy atom. The quantitative estimate of drug-likeness (QED) is 0.615. The molecule has 2 aromatic rings. The number of amides is 1. The molecule has 1 aliphatic rings. The van der Waals surface area contributed by atoms with Gasteiger partial charge in [0, 0.05) is 36.1 Å². The van der Waals surface area contributed by atoms with Crippen LogP contribution in [0.5, 0.6) is 0 Å². The van der Waals surface area contributed by atoms with Crippen LogP contribution < -0.4 is 21.5 Å². The molecule has 1 aliphatic heterocycles. The van der Waals surface area contributed by atoms with Gasteiger partial charge in [-0.15, -0.1) is 0 Å². The summed E-state index contributed by atoms with van der Waals surface area (Å²) in [7, 11) is 0. The zero-order valence-corrected chi connectivity index (χ0v) is 14.6. The van der Waals surface area contributed by atoms with Crippen LogP contribution in [0.15, 0.2) is 23.0 Å². The second-order valence-corrected chi connectivity index (χ2v) is 6.58. The van der Waals surface area contributed by atoms with Crippen LogP contribution in [-0.4, -0.2) is 42.1 Å². The van der Waals surface area contributed by atoms with E-state index < -0.39 is 23.1 Å². The maximum atomic E-state index is 13.9. The van der Waals surface area contributed by atoms with E-state index in [0.717, 1.165) is 6.07 Å². The lowest BCUT2D eigenvalue weighted by Gasteiger charge is -2.32. The van der Waals surface area contributed by atoms with Crippen LogP contribution >= 0.6 is 0 Å². The van der Waals surface area contributed by atoms with Crippen LogP contribution in [-0.2, 0) is 11.2 Å². The number of H-pyrrole nitrogens is 1. The highest BCUT2D eigenvalue weighted by atomic mass is 19.2. The molecule has 0 spiro atoms. The summed E-state index contributed by atoms with van der Waals surface area (Å²) in [6, 6.07) is 4.93. The number of fused-ring (bicyclic) bond motifs is 1. The highest BCUT2D eigenvalue weighted by Gasteiger charge is 2.25. The van der Waals surface area contributed by atoms with Crippen LogP contribution in [0, 0.1) is 23.0 Å². The van der Waals surface area contributed by atoms with Crippen molar-refractivity contribution in [3.63, 3.8) is 0 Å². The van der Waals surface area contributed by atoms with E-state index in [1.54, 1.807) is 0 Å². The van der Waals surface area contributed by atoms with Gasteiger partial charge in [0.15, 0.2) is 11.6 Å². The van der Waals surface area contributed by atoms with Gasteiger partial charge < -0.3 is 15.6 Å². The summed E-state index contributed by atoms with van der Waals surface area (Å²) < 4.78 is 27.3. The Labute approximate surface area is 153 Å². The largest absolute Gasteiger partial charge is 0.352 e. The van der Waals surface area contributed by atoms with E-state index >= 15 is 0 Å². The summed E-state index contributed by atoms with van der Waals surface area (Å²) in [5.74, 6) is -2.50. The van der Waals surface area contributed by atoms with Gasteiger partial charge in [-0.2, -0.15) is 5.26 Å². The summed E-state index contributed by atoms with van der Waals surface area (Å²) >= 11 is 0. The Morgan fingerprint density at radius 2 is 2.15 bits per heavy atom. The van der Waals surface area contributed by atoms with Crippen molar-refractivity contribution in [3.8, 4) is 6.07 Å². The molecule has 1 saturated heterocycles. The Morgan fingerprint density at radius 3 is 2.81 bits per heavy atom. The van der Waals surface area contributed by atoms with Crippen LogP contribution in [0.4, 0.5) is 8.78 Å². The number of nitrogens with one attached hydrogen (secondary N) is 4. The van der Waals surface area contributed by atoms with Crippen LogP contribution in [0.2, 0.25) is 0 Å². The predicted octanol–water partition coefficient (Wildman–Crippen LogP) is 0.307. The third kappa shape index (κ3) is 4.13. The summed E-state index contributed by atoms with van der Waals surface area (Å²) in [4.78, 5) is 26.9. The fraction of sp³-hybridized carbons (Fsp3) is 0.389. The van der Waals surface area contributed by atoms with Crippen molar-refractivity contribution in [2.75, 3.05) is 13.1 Å². The van der Waals surface area contributed by atoms with Crippen LogP contribution in [0.3, 0.4) is 0 Å². The van der Waals surface area contributed by atoms with Crippen molar-refractivity contribution in [3.05, 3.63) is 45.8 Å². The van der Waals surface area contributed by atoms with Gasteiger partial charge in [0.05, 0.1) is 18.0 Å². The van der Waals surface area contributed by atoms with Gasteiger partial charge in [0.2, 0.25) is 5.91 Å². The van der Waals surface area contributed by atoms with E-state index in [-0.39, 0.29) is 41.0 Å². The SMILES string of the molecule is CC(NC(=O)Cc1cc2c(F)c(F)ccc2[nH]c1=O)C1CNC(C#N)CN1. The number of piperazine rings is 1. The van der Waals surface area contributed by atoms with E-state index in [0.29, 0.717) is 13.1 Å². The third-order valence-electron chi connectivity index (χ3n) is 4.66. The van der Waals surface area contributed by atoms with Gasteiger partial charge in [-0.05, 0) is 25.1 Å². The molecule has 3 atom stereocenters. The first kappa shape index (κ1) is 18.9. The molecule has 1 aromatic carbocycles. The highest BCUT2D eigenvalue weighted by Crippen LogP contribution is 2.18. The second kappa shape index (κ2) is 7.82. The van der Waals surface area contributed by atoms with Gasteiger partial charge in [-0.25, -0.2) is 8.78 Å². The molecule has 1 aromatic heterocycles. The normalized spacial score (nSPS) is 20.8. The summed E-state index contributed by atoms with van der Waals surface area (Å²) in [5, 5.41) is 17.8. The molecule has 1 fully saturated rings. The zero-order valence-electron chi connectivity index (χ0n) is 14.6. The molecule has 142 valence electrons. The summed E-state index contributed by atoms with van der Waals surface area (Å²) in [6.45, 7) is 2.79. The van der Waals surface area contributed by atoms with Crippen LogP contribution in [0.25, 0.3) is 10.9 Å². The number of benzene rings is 1. The minimum Gasteiger partial charge on any atom is -0.352 e. The number of aromatic nitrogens is 1. The van der Waals surface area contributed by atoms with Crippen molar-refractivity contribution in [1.29, 1.82) is 5.26 Å². The lowest BCUT2D eigenvalue weighted by molar-refractivity contribution is -0.121. The van der Waals surface area contributed by atoms with Crippen molar-refractivity contribution in [2.45, 2.75) is 31.5 Å². The molecule has 0 bridgehead atoms. The minimum absolute atomic E-state index is 0.0518. The molecule has 3 unspecified atom stereocenters. The van der Waals surface area contributed by atoms with E-state index in [2.05, 4.69) is 27.0 Å². The first-order chi connectivity index (χ1) is 12.9. The maximum Gasteiger partial charge on any atom is 0.252 e. The number of carbonyl (C=O) groups excluding carboxylic acids is 1. The molecule has 1 amide bonds. The maximum absolute atomic E-state index is 13.9. The van der Waals surface area contributed by atoms with Gasteiger partial charge >= 0.3 is 0 Å². The molecule has 3 rings (SSSR count). The Bertz CT molecular complexity index is 961. The molecule has 4 N–H and O–H groups in total. The Kier molecular flexibility index (Phi) is 5.48. The van der Waals surface area contributed by atoms with Gasteiger partial charge in [0.1, 0.15) is 6.04 Å². The molecular weight excluding hydrogens is 356 g/mol. The third-order valence-corrected chi connectivity index (χ3v) is 4.66. The molecule has 2 heterocycles. The van der Waals surface area contributed by atoms with E-state index in [1.165, 1.54) is 12.1 Å². The molecule has 0 aliphatic carbocycles. The average molecular weight is 375 g/mol. The topological polar surface area (TPSA) is 110 Å².